The molecule has 6 nitrogen and oxygen atoms in total. The van der Waals surface area contributed by atoms with Crippen molar-refractivity contribution in [1.82, 2.24) is 10.2 Å². The minimum Gasteiger partial charge on any atom is -0.493 e. The number of methoxy groups -OCH3 is 2. The first-order valence-corrected chi connectivity index (χ1v) is 8.51. The molecule has 0 atom stereocenters. The molecule has 2 aromatic rings. The summed E-state index contributed by atoms with van der Waals surface area (Å²) >= 11 is 1.43. The van der Waals surface area contributed by atoms with Crippen molar-refractivity contribution in [2.75, 3.05) is 19.5 Å². The summed E-state index contributed by atoms with van der Waals surface area (Å²) < 4.78 is 10.7. The predicted octanol–water partition coefficient (Wildman–Crippen LogP) is 3.72. The van der Waals surface area contributed by atoms with Crippen LogP contribution in [0.25, 0.3) is 6.08 Å². The average Bonchev–Trinajstić information content (AvgIpc) is 3.34. The second kappa shape index (κ2) is 7.00. The van der Waals surface area contributed by atoms with Gasteiger partial charge in [0.2, 0.25) is 5.13 Å². The Morgan fingerprint density at radius 3 is 2.71 bits per heavy atom. The smallest absolute Gasteiger partial charge is 0.257 e. The zero-order valence-electron chi connectivity index (χ0n) is 13.8. The third-order valence-electron chi connectivity index (χ3n) is 3.70. The van der Waals surface area contributed by atoms with Gasteiger partial charge in [-0.2, -0.15) is 0 Å². The highest BCUT2D eigenvalue weighted by Gasteiger charge is 2.28. The third-order valence-corrected chi connectivity index (χ3v) is 4.70. The number of benzene rings is 1. The molecular formula is C17H19N3O3S. The van der Waals surface area contributed by atoms with Gasteiger partial charge in [-0.1, -0.05) is 23.5 Å². The molecule has 0 saturated heterocycles. The van der Waals surface area contributed by atoms with E-state index in [0.717, 1.165) is 23.4 Å². The third kappa shape index (κ3) is 3.41. The van der Waals surface area contributed by atoms with Crippen molar-refractivity contribution >= 4 is 28.5 Å². The molecule has 7 heteroatoms. The Labute approximate surface area is 144 Å². The maximum atomic E-state index is 12.5. The monoisotopic (exact) mass is 345 g/mol. The highest BCUT2D eigenvalue weighted by molar-refractivity contribution is 7.15. The first kappa shape index (κ1) is 16.4. The van der Waals surface area contributed by atoms with Crippen LogP contribution in [-0.2, 0) is 0 Å². The molecule has 1 N–H and O–H groups in total. The molecule has 0 bridgehead atoms. The van der Waals surface area contributed by atoms with E-state index in [-0.39, 0.29) is 5.91 Å². The van der Waals surface area contributed by atoms with Gasteiger partial charge in [-0.3, -0.25) is 10.1 Å². The molecule has 1 fully saturated rings. The minimum absolute atomic E-state index is 0.250. The molecule has 1 aromatic carbocycles. The van der Waals surface area contributed by atoms with Crippen LogP contribution in [0.2, 0.25) is 0 Å². The number of rotatable bonds is 6. The molecule has 0 aliphatic heterocycles. The topological polar surface area (TPSA) is 73.3 Å². The predicted molar refractivity (Wildman–Crippen MR) is 94.1 cm³/mol. The van der Waals surface area contributed by atoms with E-state index in [4.69, 9.17) is 9.47 Å². The van der Waals surface area contributed by atoms with Crippen LogP contribution in [0.5, 0.6) is 11.5 Å². The average molecular weight is 345 g/mol. The summed E-state index contributed by atoms with van der Waals surface area (Å²) in [4.78, 5) is 12.5. The number of allylic oxidation sites excluding steroid dienone is 1. The van der Waals surface area contributed by atoms with Crippen molar-refractivity contribution in [1.29, 1.82) is 0 Å². The second-order valence-electron chi connectivity index (χ2n) is 5.47. The molecule has 1 aromatic heterocycles. The van der Waals surface area contributed by atoms with Crippen LogP contribution in [0, 0.1) is 0 Å². The summed E-state index contributed by atoms with van der Waals surface area (Å²) in [6, 6.07) is 3.42. The van der Waals surface area contributed by atoms with Crippen LogP contribution in [0.4, 0.5) is 5.13 Å². The van der Waals surface area contributed by atoms with Gasteiger partial charge in [0, 0.05) is 17.0 Å². The zero-order chi connectivity index (χ0) is 17.1. The Hall–Kier alpha value is -2.41. The van der Waals surface area contributed by atoms with Crippen molar-refractivity contribution in [3.05, 3.63) is 34.3 Å². The summed E-state index contributed by atoms with van der Waals surface area (Å²) in [5, 5.41) is 12.5. The SMILES string of the molecule is C/C=C/c1cc(C(=O)Nc2nnc(C3CC3)s2)cc(OC)c1OC. The number of hydrogen-bond acceptors (Lipinski definition) is 6. The van der Waals surface area contributed by atoms with Gasteiger partial charge in [-0.15, -0.1) is 10.2 Å². The quantitative estimate of drug-likeness (QED) is 0.864. The van der Waals surface area contributed by atoms with E-state index >= 15 is 0 Å². The largest absolute Gasteiger partial charge is 0.493 e. The first-order chi connectivity index (χ1) is 11.7. The minimum atomic E-state index is -0.250. The van der Waals surface area contributed by atoms with Gasteiger partial charge in [0.25, 0.3) is 5.91 Å². The van der Waals surface area contributed by atoms with E-state index in [1.54, 1.807) is 26.4 Å². The summed E-state index contributed by atoms with van der Waals surface area (Å²) in [6.45, 7) is 1.90. The number of nitrogens with zero attached hydrogens (tertiary/aromatic N) is 2. The van der Waals surface area contributed by atoms with E-state index in [9.17, 15) is 4.79 Å². The highest BCUT2D eigenvalue weighted by atomic mass is 32.1. The van der Waals surface area contributed by atoms with Gasteiger partial charge >= 0.3 is 0 Å². The van der Waals surface area contributed by atoms with E-state index in [1.165, 1.54) is 11.3 Å². The molecule has 0 unspecified atom stereocenters. The fourth-order valence-electron chi connectivity index (χ4n) is 2.38. The van der Waals surface area contributed by atoms with Crippen LogP contribution in [-0.4, -0.2) is 30.3 Å². The van der Waals surface area contributed by atoms with E-state index in [0.29, 0.717) is 28.1 Å². The molecule has 0 spiro atoms. The van der Waals surface area contributed by atoms with Gasteiger partial charge in [0.05, 0.1) is 14.2 Å². The Balaban J connectivity index is 1.86. The van der Waals surface area contributed by atoms with Crippen molar-refractivity contribution in [3.63, 3.8) is 0 Å². The molecule has 1 aliphatic carbocycles. The molecule has 1 amide bonds. The molecule has 0 radical (unpaired) electrons. The number of ether oxygens (including phenoxy) is 2. The summed E-state index contributed by atoms with van der Waals surface area (Å²) in [5.74, 6) is 1.38. The fourth-order valence-corrected chi connectivity index (χ4v) is 3.29. The van der Waals surface area contributed by atoms with Crippen molar-refractivity contribution in [3.8, 4) is 11.5 Å². The highest BCUT2D eigenvalue weighted by Crippen LogP contribution is 2.42. The first-order valence-electron chi connectivity index (χ1n) is 7.69. The Bertz CT molecular complexity index is 781. The van der Waals surface area contributed by atoms with Crippen molar-refractivity contribution in [2.45, 2.75) is 25.7 Å². The van der Waals surface area contributed by atoms with E-state index < -0.39 is 0 Å². The van der Waals surface area contributed by atoms with Gasteiger partial charge < -0.3 is 9.47 Å². The Morgan fingerprint density at radius 1 is 1.29 bits per heavy atom. The summed E-state index contributed by atoms with van der Waals surface area (Å²) in [5.41, 5.74) is 1.25. The molecule has 126 valence electrons. The van der Waals surface area contributed by atoms with Gasteiger partial charge in [-0.25, -0.2) is 0 Å². The number of carbonyl (C=O) groups is 1. The standard InChI is InChI=1S/C17H19N3O3S/c1-4-5-11-8-12(9-13(22-2)14(11)23-3)15(21)18-17-20-19-16(24-17)10-6-7-10/h4-5,8-10H,6-7H2,1-3H3,(H,18,20,21)/b5-4+. The van der Waals surface area contributed by atoms with Crippen LogP contribution in [0.15, 0.2) is 18.2 Å². The number of amides is 1. The van der Waals surface area contributed by atoms with Crippen LogP contribution in [0.1, 0.15) is 46.6 Å². The van der Waals surface area contributed by atoms with Gasteiger partial charge in [0.15, 0.2) is 11.5 Å². The van der Waals surface area contributed by atoms with Crippen LogP contribution < -0.4 is 14.8 Å². The number of hydrogen-bond donors (Lipinski definition) is 1. The zero-order valence-corrected chi connectivity index (χ0v) is 14.6. The maximum Gasteiger partial charge on any atom is 0.257 e. The second-order valence-corrected chi connectivity index (χ2v) is 6.48. The summed E-state index contributed by atoms with van der Waals surface area (Å²) in [7, 11) is 3.12. The number of anilines is 1. The van der Waals surface area contributed by atoms with Crippen molar-refractivity contribution in [2.24, 2.45) is 0 Å². The summed E-state index contributed by atoms with van der Waals surface area (Å²) in [6.07, 6.45) is 6.07. The van der Waals surface area contributed by atoms with E-state index in [2.05, 4.69) is 15.5 Å². The lowest BCUT2D eigenvalue weighted by atomic mass is 10.1. The lowest BCUT2D eigenvalue weighted by Gasteiger charge is -2.12. The lowest BCUT2D eigenvalue weighted by molar-refractivity contribution is 0.102. The molecular weight excluding hydrogens is 326 g/mol. The molecule has 3 rings (SSSR count). The molecule has 1 heterocycles. The van der Waals surface area contributed by atoms with Crippen LogP contribution >= 0.6 is 11.3 Å². The van der Waals surface area contributed by atoms with Gasteiger partial charge in [-0.05, 0) is 31.9 Å². The molecule has 24 heavy (non-hydrogen) atoms. The fraction of sp³-hybridized carbons (Fsp3) is 0.353. The Kier molecular flexibility index (Phi) is 4.80. The number of carbonyl (C=O) groups excluding carboxylic acids is 1. The number of nitrogens with one attached hydrogen (secondary N) is 1. The number of aromatic nitrogens is 2. The van der Waals surface area contributed by atoms with Gasteiger partial charge in [0.1, 0.15) is 5.01 Å². The maximum absolute atomic E-state index is 12.5. The lowest BCUT2D eigenvalue weighted by Crippen LogP contribution is -2.12. The van der Waals surface area contributed by atoms with E-state index in [1.807, 2.05) is 19.1 Å². The normalized spacial score (nSPS) is 14.0. The van der Waals surface area contributed by atoms with Crippen molar-refractivity contribution < 1.29 is 14.3 Å². The Morgan fingerprint density at radius 2 is 2.08 bits per heavy atom. The van der Waals surface area contributed by atoms with Crippen LogP contribution in [0.3, 0.4) is 0 Å². The molecule has 1 saturated carbocycles. The molecule has 1 aliphatic rings.